The smallest absolute Gasteiger partial charge is 0.0546 e. The van der Waals surface area contributed by atoms with Crippen molar-refractivity contribution < 1.29 is 0 Å². The molecule has 1 aliphatic rings. The second-order valence-electron chi connectivity index (χ2n) is 11.8. The molecule has 0 radical (unpaired) electrons. The van der Waals surface area contributed by atoms with Crippen LogP contribution in [0.15, 0.2) is 152 Å². The Morgan fingerprint density at radius 1 is 0.429 bits per heavy atom. The molecule has 0 bridgehead atoms. The summed E-state index contributed by atoms with van der Waals surface area (Å²) in [7, 11) is 0. The van der Waals surface area contributed by atoms with Gasteiger partial charge in [0, 0.05) is 22.2 Å². The van der Waals surface area contributed by atoms with E-state index < -0.39 is 0 Å². The number of fused-ring (bicyclic) bond motifs is 5. The predicted molar refractivity (Wildman–Crippen MR) is 179 cm³/mol. The molecule has 0 aliphatic heterocycles. The molecule has 42 heavy (non-hydrogen) atoms. The van der Waals surface area contributed by atoms with Crippen LogP contribution in [0.1, 0.15) is 25.0 Å². The Balaban J connectivity index is 1.38. The molecular weight excluding hydrogens is 506 g/mol. The summed E-state index contributed by atoms with van der Waals surface area (Å²) >= 11 is 0. The first-order valence-corrected chi connectivity index (χ1v) is 14.7. The molecule has 0 N–H and O–H groups in total. The fourth-order valence-electron chi connectivity index (χ4n) is 6.94. The van der Waals surface area contributed by atoms with Crippen molar-refractivity contribution in [2.75, 3.05) is 4.90 Å². The molecule has 0 fully saturated rings. The van der Waals surface area contributed by atoms with Crippen molar-refractivity contribution in [3.63, 3.8) is 0 Å². The fourth-order valence-corrected chi connectivity index (χ4v) is 6.94. The van der Waals surface area contributed by atoms with E-state index in [1.165, 1.54) is 66.3 Å². The highest BCUT2D eigenvalue weighted by molar-refractivity contribution is 6.08. The molecule has 8 rings (SSSR count). The number of rotatable bonds is 4. The maximum Gasteiger partial charge on any atom is 0.0546 e. The lowest BCUT2D eigenvalue weighted by Crippen LogP contribution is -2.16. The van der Waals surface area contributed by atoms with Gasteiger partial charge in [-0.2, -0.15) is 0 Å². The van der Waals surface area contributed by atoms with Gasteiger partial charge in [0.05, 0.1) is 5.69 Å². The van der Waals surface area contributed by atoms with Crippen molar-refractivity contribution in [2.24, 2.45) is 0 Å². The Bertz CT molecular complexity index is 2110. The van der Waals surface area contributed by atoms with Gasteiger partial charge in [0.25, 0.3) is 0 Å². The Morgan fingerprint density at radius 3 is 1.95 bits per heavy atom. The van der Waals surface area contributed by atoms with Gasteiger partial charge in [-0.05, 0) is 85.9 Å². The number of hydrogen-bond acceptors (Lipinski definition) is 1. The van der Waals surface area contributed by atoms with E-state index in [1.54, 1.807) is 0 Å². The van der Waals surface area contributed by atoms with Crippen LogP contribution in [0.2, 0.25) is 0 Å². The molecule has 0 heterocycles. The van der Waals surface area contributed by atoms with E-state index >= 15 is 0 Å². The van der Waals surface area contributed by atoms with Crippen LogP contribution in [0.3, 0.4) is 0 Å². The molecule has 7 aromatic rings. The molecule has 1 aliphatic carbocycles. The molecule has 0 amide bonds. The Kier molecular flexibility index (Phi) is 5.55. The van der Waals surface area contributed by atoms with Crippen LogP contribution in [0.4, 0.5) is 17.1 Å². The first-order chi connectivity index (χ1) is 20.6. The van der Waals surface area contributed by atoms with Crippen molar-refractivity contribution in [3.05, 3.63) is 163 Å². The summed E-state index contributed by atoms with van der Waals surface area (Å²) in [5.41, 5.74) is 11.3. The van der Waals surface area contributed by atoms with Crippen LogP contribution in [-0.2, 0) is 5.41 Å². The Hall–Kier alpha value is -5.14. The summed E-state index contributed by atoms with van der Waals surface area (Å²) in [5, 5.41) is 4.99. The van der Waals surface area contributed by atoms with Crippen molar-refractivity contribution in [3.8, 4) is 22.3 Å². The van der Waals surface area contributed by atoms with E-state index in [4.69, 9.17) is 0 Å². The summed E-state index contributed by atoms with van der Waals surface area (Å²) in [6.45, 7) is 4.70. The average Bonchev–Trinajstić information content (AvgIpc) is 3.27. The van der Waals surface area contributed by atoms with E-state index in [1.807, 2.05) is 0 Å². The van der Waals surface area contributed by atoms with Crippen LogP contribution < -0.4 is 4.90 Å². The summed E-state index contributed by atoms with van der Waals surface area (Å²) in [4.78, 5) is 2.44. The molecule has 0 aromatic heterocycles. The number of anilines is 3. The minimum Gasteiger partial charge on any atom is -0.310 e. The molecule has 0 saturated heterocycles. The molecule has 0 spiro atoms. The van der Waals surface area contributed by atoms with Gasteiger partial charge in [0.15, 0.2) is 0 Å². The minimum atomic E-state index is -0.0701. The maximum absolute atomic E-state index is 2.44. The third-order valence-corrected chi connectivity index (χ3v) is 9.02. The number of hydrogen-bond donors (Lipinski definition) is 0. The monoisotopic (exact) mass is 537 g/mol. The fraction of sp³-hybridized carbons (Fsp3) is 0.0732. The van der Waals surface area contributed by atoms with Gasteiger partial charge in [0.2, 0.25) is 0 Å². The summed E-state index contributed by atoms with van der Waals surface area (Å²) in [6, 6.07) is 55.4. The standard InChI is InChI=1S/C41H31N/c1-41(2)37-20-9-8-18-35(37)36-25-24-33(27-38(36)41)42(32-16-4-3-5-17-32)39-21-11-15-29-14-10-19-34(40(29)39)31-23-22-28-12-6-7-13-30(28)26-31/h3-27H,1-2H3. The number of nitrogens with zero attached hydrogens (tertiary/aromatic N) is 1. The molecule has 200 valence electrons. The van der Waals surface area contributed by atoms with Gasteiger partial charge in [-0.25, -0.2) is 0 Å². The average molecular weight is 538 g/mol. The summed E-state index contributed by atoms with van der Waals surface area (Å²) in [5.74, 6) is 0. The SMILES string of the molecule is CC1(C)c2ccccc2-c2ccc(N(c3ccccc3)c3cccc4cccc(-c5ccc6ccccc6c5)c34)cc21. The second kappa shape index (κ2) is 9.46. The zero-order valence-corrected chi connectivity index (χ0v) is 23.9. The second-order valence-corrected chi connectivity index (χ2v) is 11.8. The third kappa shape index (κ3) is 3.78. The molecule has 0 saturated carbocycles. The lowest BCUT2D eigenvalue weighted by molar-refractivity contribution is 0.660. The van der Waals surface area contributed by atoms with Crippen molar-refractivity contribution in [1.29, 1.82) is 0 Å². The molecular formula is C41H31N. The minimum absolute atomic E-state index is 0.0701. The van der Waals surface area contributed by atoms with Gasteiger partial charge in [0.1, 0.15) is 0 Å². The van der Waals surface area contributed by atoms with Crippen molar-refractivity contribution in [1.82, 2.24) is 0 Å². The summed E-state index contributed by atoms with van der Waals surface area (Å²) < 4.78 is 0. The zero-order chi connectivity index (χ0) is 28.3. The third-order valence-electron chi connectivity index (χ3n) is 9.02. The molecule has 7 aromatic carbocycles. The summed E-state index contributed by atoms with van der Waals surface area (Å²) in [6.07, 6.45) is 0. The Morgan fingerprint density at radius 2 is 1.10 bits per heavy atom. The van der Waals surface area contributed by atoms with E-state index in [2.05, 4.69) is 170 Å². The van der Waals surface area contributed by atoms with Gasteiger partial charge in [-0.1, -0.05) is 129 Å². The number of benzene rings is 7. The van der Waals surface area contributed by atoms with Crippen LogP contribution in [0, 0.1) is 0 Å². The predicted octanol–water partition coefficient (Wildman–Crippen LogP) is 11.4. The van der Waals surface area contributed by atoms with Crippen LogP contribution in [-0.4, -0.2) is 0 Å². The molecule has 1 heteroatoms. The first kappa shape index (κ1) is 24.6. The highest BCUT2D eigenvalue weighted by Crippen LogP contribution is 2.51. The van der Waals surface area contributed by atoms with Gasteiger partial charge >= 0.3 is 0 Å². The Labute approximate surface area is 247 Å². The van der Waals surface area contributed by atoms with E-state index in [0.29, 0.717) is 0 Å². The van der Waals surface area contributed by atoms with E-state index in [0.717, 1.165) is 5.69 Å². The molecule has 0 unspecified atom stereocenters. The quantitative estimate of drug-likeness (QED) is 0.216. The van der Waals surface area contributed by atoms with Crippen LogP contribution in [0.5, 0.6) is 0 Å². The molecule has 0 atom stereocenters. The van der Waals surface area contributed by atoms with Gasteiger partial charge in [-0.3, -0.25) is 0 Å². The zero-order valence-electron chi connectivity index (χ0n) is 23.9. The van der Waals surface area contributed by atoms with Crippen molar-refractivity contribution in [2.45, 2.75) is 19.3 Å². The van der Waals surface area contributed by atoms with Crippen LogP contribution >= 0.6 is 0 Å². The number of para-hydroxylation sites is 1. The lowest BCUT2D eigenvalue weighted by Gasteiger charge is -2.29. The van der Waals surface area contributed by atoms with E-state index in [-0.39, 0.29) is 5.41 Å². The largest absolute Gasteiger partial charge is 0.310 e. The van der Waals surface area contributed by atoms with Crippen LogP contribution in [0.25, 0.3) is 43.8 Å². The normalized spacial score (nSPS) is 13.2. The van der Waals surface area contributed by atoms with Gasteiger partial charge in [-0.15, -0.1) is 0 Å². The topological polar surface area (TPSA) is 3.24 Å². The molecule has 1 nitrogen and oxygen atoms in total. The van der Waals surface area contributed by atoms with Gasteiger partial charge < -0.3 is 4.90 Å². The first-order valence-electron chi connectivity index (χ1n) is 14.7. The highest BCUT2D eigenvalue weighted by Gasteiger charge is 2.35. The van der Waals surface area contributed by atoms with Crippen molar-refractivity contribution >= 4 is 38.6 Å². The van der Waals surface area contributed by atoms with E-state index in [9.17, 15) is 0 Å². The lowest BCUT2D eigenvalue weighted by atomic mass is 9.82. The highest BCUT2D eigenvalue weighted by atomic mass is 15.1. The maximum atomic E-state index is 2.44.